The quantitative estimate of drug-likeness (QED) is 0.533. The number of halogens is 2. The molecule has 0 saturated heterocycles. The van der Waals surface area contributed by atoms with E-state index in [4.69, 9.17) is 11.6 Å². The Bertz CT molecular complexity index is 1130. The van der Waals surface area contributed by atoms with Crippen LogP contribution in [0.5, 0.6) is 0 Å². The Morgan fingerprint density at radius 2 is 1.89 bits per heavy atom. The molecule has 0 saturated carbocycles. The number of amides is 2. The van der Waals surface area contributed by atoms with Gasteiger partial charge in [-0.25, -0.2) is 14.2 Å². The normalized spacial score (nSPS) is 10.7. The van der Waals surface area contributed by atoms with Crippen LogP contribution in [0.25, 0.3) is 16.9 Å². The molecule has 0 unspecified atom stereocenters. The molecule has 8 heteroatoms. The molecule has 0 bridgehead atoms. The number of pyridine rings is 2. The van der Waals surface area contributed by atoms with Crippen molar-refractivity contribution >= 4 is 34.8 Å². The number of imidazole rings is 1. The number of nitrogens with one attached hydrogen (secondary N) is 2. The van der Waals surface area contributed by atoms with Crippen LogP contribution in [0.3, 0.4) is 0 Å². The maximum absolute atomic E-state index is 13.3. The molecule has 2 amide bonds. The van der Waals surface area contributed by atoms with Gasteiger partial charge < -0.3 is 5.32 Å². The SMILES string of the molecule is O=C(Nc1ccc(F)c(Cl)c1)Nc1c(-c2ccncc2)nc2ccccn12. The molecule has 3 aromatic heterocycles. The zero-order chi connectivity index (χ0) is 18.8. The number of aromatic nitrogens is 3. The summed E-state index contributed by atoms with van der Waals surface area (Å²) in [7, 11) is 0. The molecule has 0 atom stereocenters. The van der Waals surface area contributed by atoms with E-state index in [0.29, 0.717) is 22.8 Å². The minimum absolute atomic E-state index is 0.0694. The highest BCUT2D eigenvalue weighted by Gasteiger charge is 2.16. The Labute approximate surface area is 158 Å². The fourth-order valence-electron chi connectivity index (χ4n) is 2.67. The molecular weight excluding hydrogens is 369 g/mol. The Balaban J connectivity index is 1.68. The van der Waals surface area contributed by atoms with Crippen LogP contribution in [0.15, 0.2) is 67.1 Å². The lowest BCUT2D eigenvalue weighted by atomic mass is 10.2. The third-order valence-corrected chi connectivity index (χ3v) is 4.18. The highest BCUT2D eigenvalue weighted by atomic mass is 35.5. The van der Waals surface area contributed by atoms with Crippen LogP contribution < -0.4 is 10.6 Å². The second kappa shape index (κ2) is 7.05. The number of anilines is 2. The van der Waals surface area contributed by atoms with E-state index in [1.54, 1.807) is 23.0 Å². The van der Waals surface area contributed by atoms with Gasteiger partial charge >= 0.3 is 6.03 Å². The molecular formula is C19H13ClFN5O. The van der Waals surface area contributed by atoms with Crippen LogP contribution >= 0.6 is 11.6 Å². The molecule has 0 aliphatic rings. The number of carbonyl (C=O) groups is 1. The number of carbonyl (C=O) groups excluding carboxylic acids is 1. The third-order valence-electron chi connectivity index (χ3n) is 3.89. The van der Waals surface area contributed by atoms with Gasteiger partial charge in [-0.1, -0.05) is 17.7 Å². The zero-order valence-corrected chi connectivity index (χ0v) is 14.6. The van der Waals surface area contributed by atoms with Crippen LogP contribution in [-0.4, -0.2) is 20.4 Å². The number of fused-ring (bicyclic) bond motifs is 1. The topological polar surface area (TPSA) is 71.3 Å². The fourth-order valence-corrected chi connectivity index (χ4v) is 2.85. The highest BCUT2D eigenvalue weighted by molar-refractivity contribution is 6.31. The van der Waals surface area contributed by atoms with Gasteiger partial charge in [0.2, 0.25) is 0 Å². The van der Waals surface area contributed by atoms with E-state index in [0.717, 1.165) is 5.56 Å². The predicted molar refractivity (Wildman–Crippen MR) is 102 cm³/mol. The molecule has 0 radical (unpaired) electrons. The van der Waals surface area contributed by atoms with Crippen molar-refractivity contribution in [1.29, 1.82) is 0 Å². The Morgan fingerprint density at radius 3 is 2.67 bits per heavy atom. The minimum Gasteiger partial charge on any atom is -0.308 e. The largest absolute Gasteiger partial charge is 0.324 e. The average Bonchev–Trinajstić information content (AvgIpc) is 3.04. The zero-order valence-electron chi connectivity index (χ0n) is 13.9. The maximum Gasteiger partial charge on any atom is 0.324 e. The summed E-state index contributed by atoms with van der Waals surface area (Å²) in [6.07, 6.45) is 5.12. The van der Waals surface area contributed by atoms with E-state index < -0.39 is 11.8 Å². The Hall–Kier alpha value is -3.45. The number of rotatable bonds is 3. The average molecular weight is 382 g/mol. The van der Waals surface area contributed by atoms with Crippen molar-refractivity contribution < 1.29 is 9.18 Å². The molecule has 0 aliphatic heterocycles. The first-order valence-electron chi connectivity index (χ1n) is 8.02. The van der Waals surface area contributed by atoms with Gasteiger partial charge in [0, 0.05) is 29.8 Å². The van der Waals surface area contributed by atoms with Crippen molar-refractivity contribution in [2.24, 2.45) is 0 Å². The van der Waals surface area contributed by atoms with Gasteiger partial charge in [-0.3, -0.25) is 14.7 Å². The summed E-state index contributed by atoms with van der Waals surface area (Å²) in [5, 5.41) is 5.38. The Morgan fingerprint density at radius 1 is 1.07 bits per heavy atom. The highest BCUT2D eigenvalue weighted by Crippen LogP contribution is 2.28. The summed E-state index contributed by atoms with van der Waals surface area (Å²) in [6, 6.07) is 12.6. The lowest BCUT2D eigenvalue weighted by Gasteiger charge is -2.10. The standard InChI is InChI=1S/C19H13ClFN5O/c20-14-11-13(4-5-15(14)21)23-19(27)25-18-17(12-6-8-22-9-7-12)24-16-3-1-2-10-26(16)18/h1-11H,(H2,23,25,27). The molecule has 1 aromatic carbocycles. The first kappa shape index (κ1) is 17.0. The van der Waals surface area contributed by atoms with Gasteiger partial charge in [0.05, 0.1) is 5.02 Å². The monoisotopic (exact) mass is 381 g/mol. The number of nitrogens with zero attached hydrogens (tertiary/aromatic N) is 3. The lowest BCUT2D eigenvalue weighted by molar-refractivity contribution is 0.262. The van der Waals surface area contributed by atoms with E-state index in [9.17, 15) is 9.18 Å². The van der Waals surface area contributed by atoms with E-state index in [1.165, 1.54) is 18.2 Å². The summed E-state index contributed by atoms with van der Waals surface area (Å²) in [4.78, 5) is 21.1. The minimum atomic E-state index is -0.551. The first-order valence-corrected chi connectivity index (χ1v) is 8.40. The van der Waals surface area contributed by atoms with Crippen molar-refractivity contribution in [3.05, 3.63) is 78.0 Å². The van der Waals surface area contributed by atoms with Gasteiger partial charge in [-0.15, -0.1) is 0 Å². The van der Waals surface area contributed by atoms with E-state index in [-0.39, 0.29) is 5.02 Å². The van der Waals surface area contributed by atoms with Crippen LogP contribution in [0.1, 0.15) is 0 Å². The van der Waals surface area contributed by atoms with Gasteiger partial charge in [-0.05, 0) is 42.5 Å². The number of urea groups is 1. The molecule has 0 fully saturated rings. The van der Waals surface area contributed by atoms with Gasteiger partial charge in [0.25, 0.3) is 0 Å². The van der Waals surface area contributed by atoms with Gasteiger partial charge in [0.1, 0.15) is 23.0 Å². The summed E-state index contributed by atoms with van der Waals surface area (Å²) in [5.41, 5.74) is 2.48. The summed E-state index contributed by atoms with van der Waals surface area (Å²) >= 11 is 5.76. The van der Waals surface area contributed by atoms with E-state index >= 15 is 0 Å². The molecule has 4 rings (SSSR count). The molecule has 3 heterocycles. The second-order valence-electron chi connectivity index (χ2n) is 5.68. The predicted octanol–water partition coefficient (Wildman–Crippen LogP) is 4.83. The summed E-state index contributed by atoms with van der Waals surface area (Å²) in [6.45, 7) is 0. The van der Waals surface area contributed by atoms with Gasteiger partial charge in [0.15, 0.2) is 0 Å². The number of hydrogen-bond donors (Lipinski definition) is 2. The van der Waals surface area contributed by atoms with Crippen molar-refractivity contribution in [3.8, 4) is 11.3 Å². The van der Waals surface area contributed by atoms with Crippen molar-refractivity contribution in [3.63, 3.8) is 0 Å². The molecule has 6 nitrogen and oxygen atoms in total. The molecule has 27 heavy (non-hydrogen) atoms. The number of hydrogen-bond acceptors (Lipinski definition) is 3. The summed E-state index contributed by atoms with van der Waals surface area (Å²) < 4.78 is 15.1. The molecule has 2 N–H and O–H groups in total. The van der Waals surface area contributed by atoms with Gasteiger partial charge in [-0.2, -0.15) is 0 Å². The van der Waals surface area contributed by atoms with Crippen LogP contribution in [-0.2, 0) is 0 Å². The van der Waals surface area contributed by atoms with Crippen LogP contribution in [0.4, 0.5) is 20.7 Å². The molecule has 0 aliphatic carbocycles. The smallest absolute Gasteiger partial charge is 0.308 e. The molecule has 0 spiro atoms. The second-order valence-corrected chi connectivity index (χ2v) is 6.09. The third kappa shape index (κ3) is 3.45. The lowest BCUT2D eigenvalue weighted by Crippen LogP contribution is -2.20. The molecule has 4 aromatic rings. The maximum atomic E-state index is 13.3. The van der Waals surface area contributed by atoms with Crippen molar-refractivity contribution in [2.45, 2.75) is 0 Å². The molecule has 134 valence electrons. The van der Waals surface area contributed by atoms with Crippen LogP contribution in [0.2, 0.25) is 5.02 Å². The van der Waals surface area contributed by atoms with E-state index in [2.05, 4.69) is 20.6 Å². The van der Waals surface area contributed by atoms with Crippen molar-refractivity contribution in [2.75, 3.05) is 10.6 Å². The first-order chi connectivity index (χ1) is 13.1. The number of benzene rings is 1. The Kier molecular flexibility index (Phi) is 4.43. The van der Waals surface area contributed by atoms with E-state index in [1.807, 2.05) is 30.3 Å². The fraction of sp³-hybridized carbons (Fsp3) is 0. The van der Waals surface area contributed by atoms with Crippen molar-refractivity contribution in [1.82, 2.24) is 14.4 Å². The summed E-state index contributed by atoms with van der Waals surface area (Å²) in [5.74, 6) is -0.0492. The van der Waals surface area contributed by atoms with Crippen LogP contribution in [0, 0.1) is 5.82 Å².